The smallest absolute Gasteiger partial charge is 0.416 e. The highest BCUT2D eigenvalue weighted by Gasteiger charge is 2.30. The summed E-state index contributed by atoms with van der Waals surface area (Å²) < 4.78 is 48.1. The van der Waals surface area contributed by atoms with Gasteiger partial charge >= 0.3 is 12.1 Å². The zero-order valence-corrected chi connectivity index (χ0v) is 12.7. The molecule has 0 unspecified atom stereocenters. The number of carbonyl (C=O) groups excluding carboxylic acids is 1. The molecule has 2 rings (SSSR count). The fourth-order valence-electron chi connectivity index (χ4n) is 1.58. The number of esters is 1. The van der Waals surface area contributed by atoms with Gasteiger partial charge in [-0.3, -0.25) is 0 Å². The number of pyridine rings is 1. The summed E-state index contributed by atoms with van der Waals surface area (Å²) in [5, 5.41) is 0. The Bertz CT molecular complexity index is 704. The molecule has 8 heteroatoms. The zero-order valence-electron chi connectivity index (χ0n) is 11.1. The van der Waals surface area contributed by atoms with Gasteiger partial charge in [-0.2, -0.15) is 13.2 Å². The number of methoxy groups -OCH3 is 1. The third kappa shape index (κ3) is 3.76. The van der Waals surface area contributed by atoms with Crippen molar-refractivity contribution < 1.29 is 27.4 Å². The van der Waals surface area contributed by atoms with Crippen LogP contribution in [-0.4, -0.2) is 18.1 Å². The first-order valence-electron chi connectivity index (χ1n) is 5.90. The van der Waals surface area contributed by atoms with E-state index in [0.717, 1.165) is 12.1 Å². The van der Waals surface area contributed by atoms with Gasteiger partial charge in [0.15, 0.2) is 0 Å². The number of hydrogen-bond donors (Lipinski definition) is 0. The summed E-state index contributed by atoms with van der Waals surface area (Å²) in [7, 11) is 1.23. The van der Waals surface area contributed by atoms with E-state index >= 15 is 0 Å². The molecule has 0 aliphatic rings. The van der Waals surface area contributed by atoms with Crippen LogP contribution in [0.5, 0.6) is 11.6 Å². The number of aromatic nitrogens is 1. The molecule has 0 radical (unpaired) electrons. The fourth-order valence-corrected chi connectivity index (χ4v) is 2.01. The van der Waals surface area contributed by atoms with Gasteiger partial charge in [0.2, 0.25) is 5.88 Å². The van der Waals surface area contributed by atoms with Crippen LogP contribution in [0.2, 0.25) is 0 Å². The Labute approximate surface area is 132 Å². The van der Waals surface area contributed by atoms with E-state index in [9.17, 15) is 18.0 Å². The lowest BCUT2D eigenvalue weighted by atomic mass is 10.2. The van der Waals surface area contributed by atoms with Crippen molar-refractivity contribution in [1.29, 1.82) is 0 Å². The van der Waals surface area contributed by atoms with Gasteiger partial charge in [-0.1, -0.05) is 6.07 Å². The van der Waals surface area contributed by atoms with Gasteiger partial charge in [0.25, 0.3) is 0 Å². The minimum atomic E-state index is -4.46. The first-order chi connectivity index (χ1) is 10.3. The molecule has 1 aromatic heterocycles. The van der Waals surface area contributed by atoms with Crippen LogP contribution in [0.15, 0.2) is 41.0 Å². The summed E-state index contributed by atoms with van der Waals surface area (Å²) in [6, 6.07) is 5.81. The quantitative estimate of drug-likeness (QED) is 0.744. The molecule has 0 aliphatic carbocycles. The lowest BCUT2D eigenvalue weighted by molar-refractivity contribution is -0.137. The average Bonchev–Trinajstić information content (AvgIpc) is 2.48. The van der Waals surface area contributed by atoms with E-state index in [1.165, 1.54) is 31.5 Å². The molecule has 0 N–H and O–H groups in total. The molecule has 2 aromatic rings. The molecular weight excluding hydrogens is 367 g/mol. The molecule has 0 bridgehead atoms. The lowest BCUT2D eigenvalue weighted by Gasteiger charge is -2.10. The number of rotatable bonds is 3. The van der Waals surface area contributed by atoms with Crippen molar-refractivity contribution in [3.63, 3.8) is 0 Å². The van der Waals surface area contributed by atoms with Gasteiger partial charge in [-0.15, -0.1) is 0 Å². The van der Waals surface area contributed by atoms with E-state index in [2.05, 4.69) is 25.7 Å². The van der Waals surface area contributed by atoms with E-state index in [1.54, 1.807) is 0 Å². The Hall–Kier alpha value is -2.09. The third-order valence-corrected chi connectivity index (χ3v) is 3.17. The number of carbonyl (C=O) groups is 1. The lowest BCUT2D eigenvalue weighted by Crippen LogP contribution is -2.05. The molecule has 0 amide bonds. The Balaban J connectivity index is 2.26. The summed E-state index contributed by atoms with van der Waals surface area (Å²) in [5.74, 6) is -0.570. The van der Waals surface area contributed by atoms with Crippen molar-refractivity contribution in [3.05, 3.63) is 52.1 Å². The second kappa shape index (κ2) is 6.35. The van der Waals surface area contributed by atoms with Crippen molar-refractivity contribution in [2.24, 2.45) is 0 Å². The van der Waals surface area contributed by atoms with E-state index in [4.69, 9.17) is 4.74 Å². The van der Waals surface area contributed by atoms with Crippen LogP contribution in [0.1, 0.15) is 15.9 Å². The van der Waals surface area contributed by atoms with Gasteiger partial charge in [0.1, 0.15) is 5.75 Å². The highest BCUT2D eigenvalue weighted by Crippen LogP contribution is 2.34. The normalized spacial score (nSPS) is 11.1. The van der Waals surface area contributed by atoms with Crippen molar-refractivity contribution in [2.75, 3.05) is 7.11 Å². The van der Waals surface area contributed by atoms with Crippen LogP contribution in [0.3, 0.4) is 0 Å². The topological polar surface area (TPSA) is 48.4 Å². The van der Waals surface area contributed by atoms with Gasteiger partial charge < -0.3 is 9.47 Å². The second-order valence-electron chi connectivity index (χ2n) is 4.13. The standard InChI is InChI=1S/C14H9BrF3NO3/c1-21-13(20)8-5-11(15)12(19-7-8)22-10-4-2-3-9(6-10)14(16,17)18/h2-7H,1H3. The van der Waals surface area contributed by atoms with Crippen LogP contribution >= 0.6 is 15.9 Å². The molecular formula is C14H9BrF3NO3. The van der Waals surface area contributed by atoms with Gasteiger partial charge in [0, 0.05) is 6.20 Å². The summed E-state index contributed by atoms with van der Waals surface area (Å²) in [6.07, 6.45) is -3.25. The van der Waals surface area contributed by atoms with Gasteiger partial charge in [-0.25, -0.2) is 9.78 Å². The summed E-state index contributed by atoms with van der Waals surface area (Å²) >= 11 is 3.14. The summed E-state index contributed by atoms with van der Waals surface area (Å²) in [6.45, 7) is 0. The molecule has 0 spiro atoms. The van der Waals surface area contributed by atoms with Crippen molar-refractivity contribution >= 4 is 21.9 Å². The first kappa shape index (κ1) is 16.3. The van der Waals surface area contributed by atoms with E-state index < -0.39 is 17.7 Å². The van der Waals surface area contributed by atoms with E-state index in [-0.39, 0.29) is 17.2 Å². The van der Waals surface area contributed by atoms with Crippen LogP contribution in [0.4, 0.5) is 13.2 Å². The third-order valence-electron chi connectivity index (χ3n) is 2.60. The number of ether oxygens (including phenoxy) is 2. The van der Waals surface area contributed by atoms with E-state index in [0.29, 0.717) is 4.47 Å². The van der Waals surface area contributed by atoms with E-state index in [1.807, 2.05) is 0 Å². The number of halogens is 4. The number of alkyl halides is 3. The Morgan fingerprint density at radius 3 is 2.59 bits per heavy atom. The maximum atomic E-state index is 12.6. The van der Waals surface area contributed by atoms with Crippen molar-refractivity contribution in [2.45, 2.75) is 6.18 Å². The molecule has 22 heavy (non-hydrogen) atoms. The molecule has 0 atom stereocenters. The number of benzene rings is 1. The Morgan fingerprint density at radius 2 is 2.00 bits per heavy atom. The Kier molecular flexibility index (Phi) is 4.70. The first-order valence-corrected chi connectivity index (χ1v) is 6.69. The molecule has 1 aromatic carbocycles. The van der Waals surface area contributed by atoms with Crippen molar-refractivity contribution in [3.8, 4) is 11.6 Å². The maximum absolute atomic E-state index is 12.6. The number of nitrogens with zero attached hydrogens (tertiary/aromatic N) is 1. The molecule has 0 saturated carbocycles. The molecule has 0 saturated heterocycles. The Morgan fingerprint density at radius 1 is 1.27 bits per heavy atom. The predicted molar refractivity (Wildman–Crippen MR) is 74.8 cm³/mol. The summed E-state index contributed by atoms with van der Waals surface area (Å²) in [4.78, 5) is 15.2. The van der Waals surface area contributed by atoms with Gasteiger partial charge in [-0.05, 0) is 40.2 Å². The SMILES string of the molecule is COC(=O)c1cnc(Oc2cccc(C(F)(F)F)c2)c(Br)c1. The maximum Gasteiger partial charge on any atom is 0.416 e. The summed E-state index contributed by atoms with van der Waals surface area (Å²) in [5.41, 5.74) is -0.641. The number of hydrogen-bond acceptors (Lipinski definition) is 4. The molecule has 0 aliphatic heterocycles. The van der Waals surface area contributed by atoms with Crippen molar-refractivity contribution in [1.82, 2.24) is 4.98 Å². The molecule has 0 fully saturated rings. The van der Waals surface area contributed by atoms with Gasteiger partial charge in [0.05, 0.1) is 22.7 Å². The minimum absolute atomic E-state index is 0.0196. The highest BCUT2D eigenvalue weighted by molar-refractivity contribution is 9.10. The zero-order chi connectivity index (χ0) is 16.3. The highest BCUT2D eigenvalue weighted by atomic mass is 79.9. The largest absolute Gasteiger partial charge is 0.465 e. The van der Waals surface area contributed by atoms with Crippen LogP contribution in [-0.2, 0) is 10.9 Å². The fraction of sp³-hybridized carbons (Fsp3) is 0.143. The second-order valence-corrected chi connectivity index (χ2v) is 4.98. The van der Waals surface area contributed by atoms with Crippen LogP contribution in [0, 0.1) is 0 Å². The van der Waals surface area contributed by atoms with Crippen LogP contribution in [0.25, 0.3) is 0 Å². The molecule has 4 nitrogen and oxygen atoms in total. The average molecular weight is 376 g/mol. The minimum Gasteiger partial charge on any atom is -0.465 e. The molecule has 116 valence electrons. The monoisotopic (exact) mass is 375 g/mol. The molecule has 1 heterocycles. The van der Waals surface area contributed by atoms with Crippen LogP contribution < -0.4 is 4.74 Å². The predicted octanol–water partition coefficient (Wildman–Crippen LogP) is 4.44.